The van der Waals surface area contributed by atoms with E-state index in [0.29, 0.717) is 0 Å². The van der Waals surface area contributed by atoms with Gasteiger partial charge in [0, 0.05) is 23.8 Å². The Hall–Kier alpha value is -1.32. The maximum atomic E-state index is 6.29. The van der Waals surface area contributed by atoms with Crippen molar-refractivity contribution >= 4 is 11.6 Å². The van der Waals surface area contributed by atoms with Gasteiger partial charge in [-0.25, -0.2) is 0 Å². The first-order valence-electron chi connectivity index (χ1n) is 6.95. The normalized spacial score (nSPS) is 12.7. The Labute approximate surface area is 126 Å². The van der Waals surface area contributed by atoms with Gasteiger partial charge in [0.1, 0.15) is 0 Å². The Morgan fingerprint density at radius 2 is 2.00 bits per heavy atom. The maximum absolute atomic E-state index is 6.29. The van der Waals surface area contributed by atoms with Gasteiger partial charge in [-0.3, -0.25) is 4.68 Å². The first-order chi connectivity index (χ1) is 9.54. The average Bonchev–Trinajstić information content (AvgIpc) is 2.67. The van der Waals surface area contributed by atoms with Crippen LogP contribution in [0.4, 0.5) is 0 Å². The standard InChI is InChI=1S/C16H22ClN3/c1-11-13(12(2)20(4)19-11)9-10-16(18-3)14-7-5-6-8-15(14)17/h5-8,16,18H,9-10H2,1-4H3. The molecule has 0 amide bonds. The topological polar surface area (TPSA) is 29.9 Å². The van der Waals surface area contributed by atoms with E-state index in [9.17, 15) is 0 Å². The fraction of sp³-hybridized carbons (Fsp3) is 0.438. The molecule has 4 heteroatoms. The fourth-order valence-electron chi connectivity index (χ4n) is 2.68. The summed E-state index contributed by atoms with van der Waals surface area (Å²) in [4.78, 5) is 0. The van der Waals surface area contributed by atoms with Crippen LogP contribution in [0.3, 0.4) is 0 Å². The summed E-state index contributed by atoms with van der Waals surface area (Å²) in [5.74, 6) is 0. The van der Waals surface area contributed by atoms with Crippen LogP contribution in [0, 0.1) is 13.8 Å². The van der Waals surface area contributed by atoms with E-state index >= 15 is 0 Å². The van der Waals surface area contributed by atoms with Crippen LogP contribution >= 0.6 is 11.6 Å². The van der Waals surface area contributed by atoms with Gasteiger partial charge in [-0.1, -0.05) is 29.8 Å². The predicted molar refractivity (Wildman–Crippen MR) is 84.3 cm³/mol. The Balaban J connectivity index is 2.14. The van der Waals surface area contributed by atoms with Crippen LogP contribution in [0.25, 0.3) is 0 Å². The minimum Gasteiger partial charge on any atom is -0.313 e. The first kappa shape index (κ1) is 15.1. The van der Waals surface area contributed by atoms with Crippen molar-refractivity contribution in [2.45, 2.75) is 32.7 Å². The van der Waals surface area contributed by atoms with Crippen LogP contribution in [-0.2, 0) is 13.5 Å². The van der Waals surface area contributed by atoms with Crippen LogP contribution in [0.5, 0.6) is 0 Å². The molecule has 0 spiro atoms. The smallest absolute Gasteiger partial charge is 0.0628 e. The molecule has 2 aromatic rings. The number of hydrogen-bond donors (Lipinski definition) is 1. The summed E-state index contributed by atoms with van der Waals surface area (Å²) in [5, 5.41) is 8.66. The van der Waals surface area contributed by atoms with Gasteiger partial charge in [0.2, 0.25) is 0 Å². The van der Waals surface area contributed by atoms with Crippen molar-refractivity contribution in [3.05, 3.63) is 51.8 Å². The Kier molecular flexibility index (Phi) is 4.84. The number of nitrogens with zero attached hydrogens (tertiary/aromatic N) is 2. The summed E-state index contributed by atoms with van der Waals surface area (Å²) < 4.78 is 1.95. The van der Waals surface area contributed by atoms with E-state index in [0.717, 1.165) is 29.1 Å². The molecule has 0 saturated carbocycles. The number of nitrogens with one attached hydrogen (secondary N) is 1. The third kappa shape index (κ3) is 3.05. The van der Waals surface area contributed by atoms with Crippen LogP contribution in [0.1, 0.15) is 35.0 Å². The molecular weight excluding hydrogens is 270 g/mol. The minimum atomic E-state index is 0.266. The van der Waals surface area contributed by atoms with E-state index in [2.05, 4.69) is 30.3 Å². The summed E-state index contributed by atoms with van der Waals surface area (Å²) in [6.07, 6.45) is 2.01. The molecule has 1 aromatic heterocycles. The molecule has 0 aliphatic carbocycles. The zero-order valence-corrected chi connectivity index (χ0v) is 13.3. The first-order valence-corrected chi connectivity index (χ1v) is 7.33. The molecular formula is C16H22ClN3. The molecule has 1 heterocycles. The Bertz CT molecular complexity index is 589. The van der Waals surface area contributed by atoms with E-state index in [1.54, 1.807) is 0 Å². The molecule has 0 radical (unpaired) electrons. The number of aromatic nitrogens is 2. The third-order valence-corrected chi connectivity index (χ3v) is 4.32. The SMILES string of the molecule is CNC(CCc1c(C)nn(C)c1C)c1ccccc1Cl. The lowest BCUT2D eigenvalue weighted by molar-refractivity contribution is 0.548. The lowest BCUT2D eigenvalue weighted by Crippen LogP contribution is -2.17. The lowest BCUT2D eigenvalue weighted by Gasteiger charge is -2.18. The van der Waals surface area contributed by atoms with Crippen LogP contribution in [0.15, 0.2) is 24.3 Å². The van der Waals surface area contributed by atoms with Crippen molar-refractivity contribution in [3.63, 3.8) is 0 Å². The second-order valence-corrected chi connectivity index (χ2v) is 5.58. The molecule has 0 fully saturated rings. The molecule has 108 valence electrons. The average molecular weight is 292 g/mol. The molecule has 0 aliphatic heterocycles. The second kappa shape index (κ2) is 6.42. The van der Waals surface area contributed by atoms with E-state index in [1.807, 2.05) is 37.0 Å². The number of aryl methyl sites for hydroxylation is 2. The summed E-state index contributed by atoms with van der Waals surface area (Å²) in [6, 6.07) is 8.30. The molecule has 1 aromatic carbocycles. The molecule has 1 N–H and O–H groups in total. The van der Waals surface area contributed by atoms with Gasteiger partial charge in [0.15, 0.2) is 0 Å². The third-order valence-electron chi connectivity index (χ3n) is 3.97. The van der Waals surface area contributed by atoms with Gasteiger partial charge < -0.3 is 5.32 Å². The molecule has 1 atom stereocenters. The summed E-state index contributed by atoms with van der Waals surface area (Å²) in [5.41, 5.74) is 4.88. The summed E-state index contributed by atoms with van der Waals surface area (Å²) in [6.45, 7) is 4.20. The van der Waals surface area contributed by atoms with Gasteiger partial charge in [-0.15, -0.1) is 0 Å². The number of benzene rings is 1. The van der Waals surface area contributed by atoms with Crippen molar-refractivity contribution in [1.29, 1.82) is 0 Å². The lowest BCUT2D eigenvalue weighted by atomic mass is 9.98. The quantitative estimate of drug-likeness (QED) is 0.912. The highest BCUT2D eigenvalue weighted by Crippen LogP contribution is 2.27. The minimum absolute atomic E-state index is 0.266. The van der Waals surface area contributed by atoms with Gasteiger partial charge >= 0.3 is 0 Å². The zero-order chi connectivity index (χ0) is 14.7. The van der Waals surface area contributed by atoms with Crippen molar-refractivity contribution < 1.29 is 0 Å². The van der Waals surface area contributed by atoms with Crippen molar-refractivity contribution in [2.75, 3.05) is 7.05 Å². The number of halogens is 1. The van der Waals surface area contributed by atoms with Gasteiger partial charge in [0.05, 0.1) is 5.69 Å². The monoisotopic (exact) mass is 291 g/mol. The van der Waals surface area contributed by atoms with Crippen LogP contribution in [0.2, 0.25) is 5.02 Å². The van der Waals surface area contributed by atoms with Crippen molar-refractivity contribution in [1.82, 2.24) is 15.1 Å². The molecule has 0 aliphatic rings. The summed E-state index contributed by atoms with van der Waals surface area (Å²) >= 11 is 6.29. The number of rotatable bonds is 5. The van der Waals surface area contributed by atoms with Crippen LogP contribution in [-0.4, -0.2) is 16.8 Å². The van der Waals surface area contributed by atoms with Gasteiger partial charge in [-0.05, 0) is 50.9 Å². The van der Waals surface area contributed by atoms with Gasteiger partial charge in [0.25, 0.3) is 0 Å². The highest BCUT2D eigenvalue weighted by molar-refractivity contribution is 6.31. The van der Waals surface area contributed by atoms with Crippen molar-refractivity contribution in [3.8, 4) is 0 Å². The van der Waals surface area contributed by atoms with Gasteiger partial charge in [-0.2, -0.15) is 5.10 Å². The Morgan fingerprint density at radius 1 is 1.30 bits per heavy atom. The highest BCUT2D eigenvalue weighted by atomic mass is 35.5. The maximum Gasteiger partial charge on any atom is 0.0628 e. The molecule has 0 bridgehead atoms. The van der Waals surface area contributed by atoms with E-state index in [4.69, 9.17) is 11.6 Å². The molecule has 2 rings (SSSR count). The predicted octanol–water partition coefficient (Wildman–Crippen LogP) is 3.58. The van der Waals surface area contributed by atoms with E-state index in [1.165, 1.54) is 11.3 Å². The van der Waals surface area contributed by atoms with Crippen molar-refractivity contribution in [2.24, 2.45) is 7.05 Å². The largest absolute Gasteiger partial charge is 0.313 e. The molecule has 0 saturated heterocycles. The molecule has 1 unspecified atom stereocenters. The Morgan fingerprint density at radius 3 is 2.55 bits per heavy atom. The zero-order valence-electron chi connectivity index (χ0n) is 12.6. The number of hydrogen-bond acceptors (Lipinski definition) is 2. The van der Waals surface area contributed by atoms with Crippen LogP contribution < -0.4 is 5.32 Å². The van der Waals surface area contributed by atoms with E-state index in [-0.39, 0.29) is 6.04 Å². The molecule has 20 heavy (non-hydrogen) atoms. The molecule has 3 nitrogen and oxygen atoms in total. The second-order valence-electron chi connectivity index (χ2n) is 5.17. The highest BCUT2D eigenvalue weighted by Gasteiger charge is 2.15. The van der Waals surface area contributed by atoms with E-state index < -0.39 is 0 Å². The summed E-state index contributed by atoms with van der Waals surface area (Å²) in [7, 11) is 3.98. The fourth-order valence-corrected chi connectivity index (χ4v) is 2.95.